The smallest absolute Gasteiger partial charge is 0.327 e. The maximum Gasteiger partial charge on any atom is 0.327 e. The molecule has 0 aromatic carbocycles. The summed E-state index contributed by atoms with van der Waals surface area (Å²) in [4.78, 5) is 34.8. The molecule has 0 saturated carbocycles. The number of likely N-dealkylation sites (N-methyl/N-ethyl adjacent to an activating group) is 1. The molecule has 3 amide bonds. The first-order chi connectivity index (χ1) is 8.06. The van der Waals surface area contributed by atoms with Crippen molar-refractivity contribution in [1.82, 2.24) is 15.5 Å². The molecule has 0 aliphatic carbocycles. The normalized spacial score (nSPS) is 19.6. The van der Waals surface area contributed by atoms with Crippen molar-refractivity contribution in [2.75, 3.05) is 31.6 Å². The Kier molecular flexibility index (Phi) is 5.08. The van der Waals surface area contributed by atoms with Crippen LogP contribution < -0.4 is 10.6 Å². The third-order valence-electron chi connectivity index (χ3n) is 2.35. The minimum Gasteiger partial charge on any atom is -0.480 e. The highest BCUT2D eigenvalue weighted by molar-refractivity contribution is 7.99. The van der Waals surface area contributed by atoms with E-state index in [0.717, 1.165) is 0 Å². The number of aliphatic carboxylic acids is 1. The first-order valence-electron chi connectivity index (χ1n) is 5.12. The van der Waals surface area contributed by atoms with Crippen molar-refractivity contribution >= 4 is 29.7 Å². The Morgan fingerprint density at radius 1 is 1.47 bits per heavy atom. The molecule has 0 aromatic heterocycles. The van der Waals surface area contributed by atoms with Crippen LogP contribution in [0.25, 0.3) is 0 Å². The molecule has 1 saturated heterocycles. The molecule has 0 aromatic rings. The van der Waals surface area contributed by atoms with Gasteiger partial charge in [0, 0.05) is 25.1 Å². The lowest BCUT2D eigenvalue weighted by molar-refractivity contribution is -0.141. The summed E-state index contributed by atoms with van der Waals surface area (Å²) in [6.07, 6.45) is 0. The van der Waals surface area contributed by atoms with E-state index in [1.165, 1.54) is 23.7 Å². The summed E-state index contributed by atoms with van der Waals surface area (Å²) in [6.45, 7) is 0.229. The van der Waals surface area contributed by atoms with E-state index in [1.807, 2.05) is 0 Å². The van der Waals surface area contributed by atoms with Crippen LogP contribution in [0.4, 0.5) is 4.79 Å². The summed E-state index contributed by atoms with van der Waals surface area (Å²) in [5.41, 5.74) is 0. The van der Waals surface area contributed by atoms with E-state index in [1.54, 1.807) is 0 Å². The Morgan fingerprint density at radius 3 is 2.76 bits per heavy atom. The van der Waals surface area contributed by atoms with Gasteiger partial charge in [-0.1, -0.05) is 0 Å². The third kappa shape index (κ3) is 3.81. The van der Waals surface area contributed by atoms with Gasteiger partial charge in [-0.05, 0) is 0 Å². The number of thioether (sulfide) groups is 1. The van der Waals surface area contributed by atoms with Crippen LogP contribution in [-0.4, -0.2) is 65.6 Å². The first kappa shape index (κ1) is 13.6. The van der Waals surface area contributed by atoms with Gasteiger partial charge >= 0.3 is 12.0 Å². The van der Waals surface area contributed by atoms with Gasteiger partial charge in [0.25, 0.3) is 0 Å². The van der Waals surface area contributed by atoms with Gasteiger partial charge in [0.2, 0.25) is 5.91 Å². The Balaban J connectivity index is 2.53. The van der Waals surface area contributed by atoms with E-state index in [2.05, 4.69) is 10.6 Å². The zero-order valence-corrected chi connectivity index (χ0v) is 10.2. The number of carboxylic acid groups (broad SMARTS) is 1. The predicted octanol–water partition coefficient (Wildman–Crippen LogP) is -1.06. The molecule has 1 unspecified atom stereocenters. The van der Waals surface area contributed by atoms with E-state index in [4.69, 9.17) is 5.11 Å². The SMILES string of the molecule is CNC(=O)CNC(=O)N1CCSCC1C(=O)O. The molecule has 1 fully saturated rings. The van der Waals surface area contributed by atoms with Crippen molar-refractivity contribution in [3.05, 3.63) is 0 Å². The Morgan fingerprint density at radius 2 is 2.18 bits per heavy atom. The lowest BCUT2D eigenvalue weighted by atomic mass is 10.3. The molecule has 0 spiro atoms. The average molecular weight is 261 g/mol. The number of nitrogens with zero attached hydrogens (tertiary/aromatic N) is 1. The van der Waals surface area contributed by atoms with E-state index in [0.29, 0.717) is 18.1 Å². The molecule has 0 radical (unpaired) electrons. The Bertz CT molecular complexity index is 323. The first-order valence-corrected chi connectivity index (χ1v) is 6.27. The zero-order chi connectivity index (χ0) is 12.8. The molecule has 96 valence electrons. The maximum absolute atomic E-state index is 11.7. The second-order valence-electron chi connectivity index (χ2n) is 3.45. The summed E-state index contributed by atoms with van der Waals surface area (Å²) in [5, 5.41) is 13.7. The number of carbonyl (C=O) groups is 3. The fourth-order valence-corrected chi connectivity index (χ4v) is 2.44. The number of urea groups is 1. The molecule has 1 aliphatic rings. The molecule has 8 heteroatoms. The van der Waals surface area contributed by atoms with Gasteiger partial charge in [0.1, 0.15) is 6.04 Å². The largest absolute Gasteiger partial charge is 0.480 e. The van der Waals surface area contributed by atoms with Crippen LogP contribution in [0.15, 0.2) is 0 Å². The van der Waals surface area contributed by atoms with Crippen LogP contribution in [0.3, 0.4) is 0 Å². The van der Waals surface area contributed by atoms with Crippen LogP contribution in [0.2, 0.25) is 0 Å². The van der Waals surface area contributed by atoms with Crippen molar-refractivity contribution < 1.29 is 19.5 Å². The number of hydrogen-bond donors (Lipinski definition) is 3. The second kappa shape index (κ2) is 6.33. The highest BCUT2D eigenvalue weighted by Gasteiger charge is 2.32. The molecular weight excluding hydrogens is 246 g/mol. The van der Waals surface area contributed by atoms with E-state index < -0.39 is 18.0 Å². The minimum atomic E-state index is -1.02. The lowest BCUT2D eigenvalue weighted by Crippen LogP contribution is -2.54. The van der Waals surface area contributed by atoms with Crippen LogP contribution in [-0.2, 0) is 9.59 Å². The van der Waals surface area contributed by atoms with Gasteiger partial charge in [0.05, 0.1) is 6.54 Å². The van der Waals surface area contributed by atoms with Crippen LogP contribution in [0, 0.1) is 0 Å². The average Bonchev–Trinajstić information content (AvgIpc) is 2.35. The van der Waals surface area contributed by atoms with Crippen molar-refractivity contribution in [3.8, 4) is 0 Å². The topological polar surface area (TPSA) is 98.7 Å². The van der Waals surface area contributed by atoms with Gasteiger partial charge in [-0.25, -0.2) is 9.59 Å². The van der Waals surface area contributed by atoms with Gasteiger partial charge in [-0.2, -0.15) is 11.8 Å². The van der Waals surface area contributed by atoms with Crippen LogP contribution in [0.5, 0.6) is 0 Å². The van der Waals surface area contributed by atoms with Crippen molar-refractivity contribution in [2.24, 2.45) is 0 Å². The quantitative estimate of drug-likeness (QED) is 0.602. The molecule has 1 atom stereocenters. The van der Waals surface area contributed by atoms with Crippen molar-refractivity contribution in [2.45, 2.75) is 6.04 Å². The highest BCUT2D eigenvalue weighted by Crippen LogP contribution is 2.16. The predicted molar refractivity (Wildman–Crippen MR) is 62.9 cm³/mol. The Hall–Kier alpha value is -1.44. The van der Waals surface area contributed by atoms with Gasteiger partial charge in [-0.15, -0.1) is 0 Å². The third-order valence-corrected chi connectivity index (χ3v) is 3.38. The molecule has 3 N–H and O–H groups in total. The number of rotatable bonds is 3. The van der Waals surface area contributed by atoms with Gasteiger partial charge in [-0.3, -0.25) is 4.79 Å². The summed E-state index contributed by atoms with van der Waals surface area (Å²) in [6, 6.07) is -1.33. The number of carboxylic acids is 1. The summed E-state index contributed by atoms with van der Waals surface area (Å²) >= 11 is 1.50. The number of carbonyl (C=O) groups excluding carboxylic acids is 2. The monoisotopic (exact) mass is 261 g/mol. The summed E-state index contributed by atoms with van der Waals surface area (Å²) in [7, 11) is 1.46. The highest BCUT2D eigenvalue weighted by atomic mass is 32.2. The van der Waals surface area contributed by atoms with E-state index in [9.17, 15) is 14.4 Å². The maximum atomic E-state index is 11.7. The fourth-order valence-electron chi connectivity index (χ4n) is 1.40. The summed E-state index contributed by atoms with van der Waals surface area (Å²) in [5.74, 6) is -0.260. The Labute approximate surface area is 103 Å². The molecular formula is C9H15N3O4S. The number of amides is 3. The standard InChI is InChI=1S/C9H15N3O4S/c1-10-7(13)4-11-9(16)12-2-3-17-5-6(12)8(14)15/h6H,2-5H2,1H3,(H,10,13)(H,11,16)(H,14,15). The molecule has 0 bridgehead atoms. The van der Waals surface area contributed by atoms with Crippen molar-refractivity contribution in [1.29, 1.82) is 0 Å². The lowest BCUT2D eigenvalue weighted by Gasteiger charge is -2.32. The van der Waals surface area contributed by atoms with Gasteiger partial charge < -0.3 is 20.6 Å². The molecule has 1 heterocycles. The summed E-state index contributed by atoms with van der Waals surface area (Å²) < 4.78 is 0. The number of hydrogen-bond acceptors (Lipinski definition) is 4. The molecule has 17 heavy (non-hydrogen) atoms. The van der Waals surface area contributed by atoms with Gasteiger partial charge in [0.15, 0.2) is 0 Å². The minimum absolute atomic E-state index is 0.148. The second-order valence-corrected chi connectivity index (χ2v) is 4.60. The molecule has 1 aliphatic heterocycles. The fraction of sp³-hybridized carbons (Fsp3) is 0.667. The van der Waals surface area contributed by atoms with E-state index in [-0.39, 0.29) is 12.5 Å². The molecule has 7 nitrogen and oxygen atoms in total. The van der Waals surface area contributed by atoms with Crippen molar-refractivity contribution in [3.63, 3.8) is 0 Å². The zero-order valence-electron chi connectivity index (χ0n) is 9.43. The van der Waals surface area contributed by atoms with Crippen LogP contribution in [0.1, 0.15) is 0 Å². The number of nitrogens with one attached hydrogen (secondary N) is 2. The van der Waals surface area contributed by atoms with Crippen LogP contribution >= 0.6 is 11.8 Å². The molecule has 1 rings (SSSR count). The van der Waals surface area contributed by atoms with E-state index >= 15 is 0 Å².